The molecule has 0 aliphatic carbocycles. The van der Waals surface area contributed by atoms with E-state index in [0.717, 1.165) is 66.9 Å². The summed E-state index contributed by atoms with van der Waals surface area (Å²) >= 11 is 1.65. The lowest BCUT2D eigenvalue weighted by Gasteiger charge is -2.17. The van der Waals surface area contributed by atoms with Gasteiger partial charge in [0.05, 0.1) is 6.10 Å². The first-order chi connectivity index (χ1) is 14.7. The van der Waals surface area contributed by atoms with Gasteiger partial charge in [0.1, 0.15) is 5.82 Å². The SMILES string of the molecule is CCc1cc(N2CCCC2)nc(SCc2ccc(C(=O)NC[C@@H]3CCCO3)cc2)n1. The molecule has 1 atom stereocenters. The molecule has 6 nitrogen and oxygen atoms in total. The van der Waals surface area contributed by atoms with E-state index in [4.69, 9.17) is 14.7 Å². The second-order valence-corrected chi connectivity index (χ2v) is 8.82. The maximum atomic E-state index is 12.3. The van der Waals surface area contributed by atoms with Gasteiger partial charge in [-0.2, -0.15) is 0 Å². The van der Waals surface area contributed by atoms with Gasteiger partial charge in [-0.15, -0.1) is 0 Å². The Bertz CT molecular complexity index is 847. The van der Waals surface area contributed by atoms with Crippen LogP contribution in [-0.2, 0) is 16.9 Å². The van der Waals surface area contributed by atoms with Gasteiger partial charge in [-0.1, -0.05) is 30.8 Å². The van der Waals surface area contributed by atoms with Crippen molar-refractivity contribution in [1.82, 2.24) is 15.3 Å². The summed E-state index contributed by atoms with van der Waals surface area (Å²) in [6, 6.07) is 9.93. The molecule has 4 rings (SSSR count). The number of hydrogen-bond acceptors (Lipinski definition) is 6. The Morgan fingerprint density at radius 1 is 1.20 bits per heavy atom. The largest absolute Gasteiger partial charge is 0.376 e. The minimum absolute atomic E-state index is 0.0426. The van der Waals surface area contributed by atoms with Gasteiger partial charge in [-0.3, -0.25) is 4.79 Å². The van der Waals surface area contributed by atoms with Crippen molar-refractivity contribution in [3.63, 3.8) is 0 Å². The lowest BCUT2D eigenvalue weighted by Crippen LogP contribution is -2.31. The molecule has 160 valence electrons. The van der Waals surface area contributed by atoms with E-state index in [2.05, 4.69) is 23.2 Å². The van der Waals surface area contributed by atoms with Crippen molar-refractivity contribution in [1.29, 1.82) is 0 Å². The van der Waals surface area contributed by atoms with Crippen LogP contribution in [0.15, 0.2) is 35.5 Å². The Morgan fingerprint density at radius 3 is 2.70 bits per heavy atom. The van der Waals surface area contributed by atoms with Gasteiger partial charge >= 0.3 is 0 Å². The van der Waals surface area contributed by atoms with Gasteiger partial charge in [0.25, 0.3) is 5.91 Å². The number of aromatic nitrogens is 2. The molecule has 0 saturated carbocycles. The molecule has 7 heteroatoms. The van der Waals surface area contributed by atoms with Crippen LogP contribution >= 0.6 is 11.8 Å². The van der Waals surface area contributed by atoms with Crippen LogP contribution in [0.4, 0.5) is 5.82 Å². The number of benzene rings is 1. The molecule has 30 heavy (non-hydrogen) atoms. The average Bonchev–Trinajstić information content (AvgIpc) is 3.50. The first-order valence-electron chi connectivity index (χ1n) is 11.0. The predicted molar refractivity (Wildman–Crippen MR) is 120 cm³/mol. The van der Waals surface area contributed by atoms with Crippen molar-refractivity contribution < 1.29 is 9.53 Å². The summed E-state index contributed by atoms with van der Waals surface area (Å²) in [6.45, 7) is 5.69. The highest BCUT2D eigenvalue weighted by molar-refractivity contribution is 7.98. The zero-order valence-corrected chi connectivity index (χ0v) is 18.4. The Morgan fingerprint density at radius 2 is 2.00 bits per heavy atom. The standard InChI is InChI=1S/C23H30N4O2S/c1-2-19-14-21(27-11-3-4-12-27)26-23(25-19)30-16-17-7-9-18(10-8-17)22(28)24-15-20-6-5-13-29-20/h7-10,14,20H,2-6,11-13,15-16H2,1H3,(H,24,28)/t20-/m0/s1. The first kappa shape index (κ1) is 21.1. The fourth-order valence-electron chi connectivity index (χ4n) is 3.83. The predicted octanol–water partition coefficient (Wildman–Crippen LogP) is 3.84. The number of thioether (sulfide) groups is 1. The van der Waals surface area contributed by atoms with Gasteiger partial charge in [-0.25, -0.2) is 9.97 Å². The highest BCUT2D eigenvalue weighted by atomic mass is 32.2. The molecule has 0 radical (unpaired) electrons. The second-order valence-electron chi connectivity index (χ2n) is 7.88. The molecule has 0 bridgehead atoms. The molecule has 1 N–H and O–H groups in total. The Kier molecular flexibility index (Phi) is 7.23. The van der Waals surface area contributed by atoms with Crippen molar-refractivity contribution in [2.75, 3.05) is 31.1 Å². The van der Waals surface area contributed by atoms with Gasteiger partial charge in [0, 0.05) is 49.3 Å². The number of anilines is 1. The number of nitrogens with zero attached hydrogens (tertiary/aromatic N) is 3. The summed E-state index contributed by atoms with van der Waals surface area (Å²) < 4.78 is 5.56. The van der Waals surface area contributed by atoms with E-state index in [0.29, 0.717) is 12.1 Å². The second kappa shape index (κ2) is 10.3. The maximum absolute atomic E-state index is 12.3. The van der Waals surface area contributed by atoms with E-state index in [9.17, 15) is 4.79 Å². The fraction of sp³-hybridized carbons (Fsp3) is 0.522. The fourth-order valence-corrected chi connectivity index (χ4v) is 4.66. The van der Waals surface area contributed by atoms with Gasteiger partial charge < -0.3 is 15.0 Å². The molecule has 0 spiro atoms. The molecule has 1 aromatic heterocycles. The zero-order chi connectivity index (χ0) is 20.8. The Hall–Kier alpha value is -2.12. The lowest BCUT2D eigenvalue weighted by atomic mass is 10.1. The first-order valence-corrected chi connectivity index (χ1v) is 11.9. The summed E-state index contributed by atoms with van der Waals surface area (Å²) in [5.74, 6) is 1.80. The molecule has 2 aliphatic heterocycles. The van der Waals surface area contributed by atoms with E-state index < -0.39 is 0 Å². The lowest BCUT2D eigenvalue weighted by molar-refractivity contribution is 0.0858. The third kappa shape index (κ3) is 5.52. The highest BCUT2D eigenvalue weighted by Gasteiger charge is 2.17. The molecular weight excluding hydrogens is 396 g/mol. The topological polar surface area (TPSA) is 67.4 Å². The van der Waals surface area contributed by atoms with E-state index in [-0.39, 0.29) is 12.0 Å². The summed E-state index contributed by atoms with van der Waals surface area (Å²) in [7, 11) is 0. The van der Waals surface area contributed by atoms with Crippen LogP contribution in [-0.4, -0.2) is 48.2 Å². The minimum Gasteiger partial charge on any atom is -0.376 e. The van der Waals surface area contributed by atoms with Crippen molar-refractivity contribution in [2.24, 2.45) is 0 Å². The number of rotatable bonds is 8. The third-order valence-electron chi connectivity index (χ3n) is 5.64. The number of nitrogens with one attached hydrogen (secondary N) is 1. The molecule has 1 aromatic carbocycles. The maximum Gasteiger partial charge on any atom is 0.251 e. The normalized spacial score (nSPS) is 18.7. The summed E-state index contributed by atoms with van der Waals surface area (Å²) in [6.07, 6.45) is 5.65. The number of carbonyl (C=O) groups is 1. The molecule has 2 aliphatic rings. The number of hydrogen-bond donors (Lipinski definition) is 1. The van der Waals surface area contributed by atoms with Crippen LogP contribution in [0.3, 0.4) is 0 Å². The number of amides is 1. The summed E-state index contributed by atoms with van der Waals surface area (Å²) in [5.41, 5.74) is 2.93. The molecule has 0 unspecified atom stereocenters. The van der Waals surface area contributed by atoms with Gasteiger partial charge in [0.2, 0.25) is 0 Å². The van der Waals surface area contributed by atoms with Crippen molar-refractivity contribution in [3.05, 3.63) is 47.2 Å². The molecule has 2 aromatic rings. The summed E-state index contributed by atoms with van der Waals surface area (Å²) in [4.78, 5) is 24.2. The Labute approximate surface area is 182 Å². The van der Waals surface area contributed by atoms with E-state index in [1.54, 1.807) is 11.8 Å². The third-order valence-corrected chi connectivity index (χ3v) is 6.55. The quantitative estimate of drug-likeness (QED) is 0.511. The van der Waals surface area contributed by atoms with Crippen molar-refractivity contribution >= 4 is 23.5 Å². The van der Waals surface area contributed by atoms with Crippen LogP contribution in [0.25, 0.3) is 0 Å². The number of aryl methyl sites for hydroxylation is 1. The summed E-state index contributed by atoms with van der Waals surface area (Å²) in [5, 5.41) is 3.80. The minimum atomic E-state index is -0.0426. The molecule has 3 heterocycles. The van der Waals surface area contributed by atoms with E-state index in [1.165, 1.54) is 12.8 Å². The molecular formula is C23H30N4O2S. The van der Waals surface area contributed by atoms with Crippen LogP contribution in [0.1, 0.15) is 54.2 Å². The number of ether oxygens (including phenoxy) is 1. The van der Waals surface area contributed by atoms with Crippen molar-refractivity contribution in [3.8, 4) is 0 Å². The molecule has 2 fully saturated rings. The average molecular weight is 427 g/mol. The highest BCUT2D eigenvalue weighted by Crippen LogP contribution is 2.25. The smallest absolute Gasteiger partial charge is 0.251 e. The van der Waals surface area contributed by atoms with Gasteiger partial charge in [-0.05, 0) is 49.8 Å². The molecule has 2 saturated heterocycles. The molecule has 1 amide bonds. The van der Waals surface area contributed by atoms with E-state index >= 15 is 0 Å². The number of carbonyl (C=O) groups excluding carboxylic acids is 1. The Balaban J connectivity index is 1.33. The van der Waals surface area contributed by atoms with Crippen LogP contribution in [0, 0.1) is 0 Å². The van der Waals surface area contributed by atoms with Crippen LogP contribution in [0.2, 0.25) is 0 Å². The van der Waals surface area contributed by atoms with Crippen molar-refractivity contribution in [2.45, 2.75) is 56.0 Å². The van der Waals surface area contributed by atoms with E-state index in [1.807, 2.05) is 24.3 Å². The van der Waals surface area contributed by atoms with Gasteiger partial charge in [0.15, 0.2) is 5.16 Å². The monoisotopic (exact) mass is 426 g/mol. The zero-order valence-electron chi connectivity index (χ0n) is 17.6. The van der Waals surface area contributed by atoms with Crippen LogP contribution in [0.5, 0.6) is 0 Å². The van der Waals surface area contributed by atoms with Crippen LogP contribution < -0.4 is 10.2 Å².